The van der Waals surface area contributed by atoms with E-state index in [2.05, 4.69) is 5.32 Å². The lowest BCUT2D eigenvalue weighted by molar-refractivity contribution is -0.122. The number of ether oxygens (including phenoxy) is 1. The molecule has 0 aliphatic carbocycles. The Balaban J connectivity index is 0.00000324. The van der Waals surface area contributed by atoms with Gasteiger partial charge in [-0.2, -0.15) is 0 Å². The van der Waals surface area contributed by atoms with Crippen molar-refractivity contribution in [1.29, 1.82) is 0 Å². The van der Waals surface area contributed by atoms with Gasteiger partial charge < -0.3 is 15.8 Å². The molecule has 0 fully saturated rings. The largest absolute Gasteiger partial charge is 0.380 e. The van der Waals surface area contributed by atoms with E-state index in [1.165, 1.54) is 0 Å². The summed E-state index contributed by atoms with van der Waals surface area (Å²) in [5.41, 5.74) is 7.91. The Kier molecular flexibility index (Phi) is 9.21. The predicted octanol–water partition coefficient (Wildman–Crippen LogP) is 2.00. The van der Waals surface area contributed by atoms with Crippen LogP contribution in [0.5, 0.6) is 0 Å². The number of carbonyl (C=O) groups excluding carboxylic acids is 1. The zero-order valence-corrected chi connectivity index (χ0v) is 12.3. The topological polar surface area (TPSA) is 64.4 Å². The van der Waals surface area contributed by atoms with Crippen LogP contribution in [0.1, 0.15) is 30.9 Å². The molecule has 4 nitrogen and oxygen atoms in total. The number of halogens is 1. The number of rotatable bonds is 7. The zero-order chi connectivity index (χ0) is 13.4. The Labute approximate surface area is 121 Å². The van der Waals surface area contributed by atoms with Crippen molar-refractivity contribution in [2.75, 3.05) is 7.11 Å². The first kappa shape index (κ1) is 17.9. The van der Waals surface area contributed by atoms with Gasteiger partial charge in [-0.25, -0.2) is 0 Å². The highest BCUT2D eigenvalue weighted by Gasteiger charge is 2.11. The van der Waals surface area contributed by atoms with Crippen molar-refractivity contribution in [2.45, 2.75) is 39.0 Å². The van der Waals surface area contributed by atoms with Gasteiger partial charge >= 0.3 is 0 Å². The highest BCUT2D eigenvalue weighted by molar-refractivity contribution is 5.85. The van der Waals surface area contributed by atoms with Gasteiger partial charge in [0.15, 0.2) is 0 Å². The molecule has 0 aromatic heterocycles. The van der Waals surface area contributed by atoms with E-state index in [0.29, 0.717) is 13.2 Å². The summed E-state index contributed by atoms with van der Waals surface area (Å²) in [6.07, 6.45) is 1.64. The van der Waals surface area contributed by atoms with Crippen LogP contribution in [0.15, 0.2) is 24.3 Å². The SMILES string of the molecule is CCCC(N)C(=O)NCc1ccc(COC)cc1.Cl. The Morgan fingerprint density at radius 1 is 1.32 bits per heavy atom. The van der Waals surface area contributed by atoms with Crippen LogP contribution in [-0.4, -0.2) is 19.1 Å². The van der Waals surface area contributed by atoms with Crippen LogP contribution in [0, 0.1) is 0 Å². The highest BCUT2D eigenvalue weighted by Crippen LogP contribution is 2.05. The molecule has 0 saturated carbocycles. The molecule has 1 rings (SSSR count). The first-order valence-electron chi connectivity index (χ1n) is 6.27. The van der Waals surface area contributed by atoms with E-state index in [-0.39, 0.29) is 18.3 Å². The molecule has 0 radical (unpaired) electrons. The number of amides is 1. The molecule has 5 heteroatoms. The second-order valence-electron chi connectivity index (χ2n) is 4.36. The monoisotopic (exact) mass is 286 g/mol. The van der Waals surface area contributed by atoms with E-state index < -0.39 is 6.04 Å². The van der Waals surface area contributed by atoms with Gasteiger partial charge in [-0.05, 0) is 17.5 Å². The summed E-state index contributed by atoms with van der Waals surface area (Å²) in [5.74, 6) is -0.0854. The van der Waals surface area contributed by atoms with Gasteiger partial charge in [0.25, 0.3) is 0 Å². The average molecular weight is 287 g/mol. The standard InChI is InChI=1S/C14H22N2O2.ClH/c1-3-4-13(15)14(17)16-9-11-5-7-12(8-6-11)10-18-2;/h5-8,13H,3-4,9-10,15H2,1-2H3,(H,16,17);1H. The summed E-state index contributed by atoms with van der Waals surface area (Å²) >= 11 is 0. The van der Waals surface area contributed by atoms with Crippen molar-refractivity contribution >= 4 is 18.3 Å². The number of nitrogens with one attached hydrogen (secondary N) is 1. The predicted molar refractivity (Wildman–Crippen MR) is 79.1 cm³/mol. The third-order valence-corrected chi connectivity index (χ3v) is 2.74. The van der Waals surface area contributed by atoms with Crippen molar-refractivity contribution in [3.8, 4) is 0 Å². The van der Waals surface area contributed by atoms with Crippen LogP contribution in [0.2, 0.25) is 0 Å². The van der Waals surface area contributed by atoms with Crippen molar-refractivity contribution in [3.63, 3.8) is 0 Å². The smallest absolute Gasteiger partial charge is 0.237 e. The van der Waals surface area contributed by atoms with E-state index in [9.17, 15) is 4.79 Å². The molecule has 1 aromatic carbocycles. The molecule has 0 aliphatic heterocycles. The number of hydrogen-bond acceptors (Lipinski definition) is 3. The summed E-state index contributed by atoms with van der Waals surface area (Å²) in [4.78, 5) is 11.6. The van der Waals surface area contributed by atoms with Gasteiger partial charge in [-0.3, -0.25) is 4.79 Å². The lowest BCUT2D eigenvalue weighted by Gasteiger charge is -2.11. The molecule has 0 aliphatic rings. The van der Waals surface area contributed by atoms with Crippen molar-refractivity contribution in [3.05, 3.63) is 35.4 Å². The van der Waals surface area contributed by atoms with Gasteiger partial charge in [0.2, 0.25) is 5.91 Å². The number of methoxy groups -OCH3 is 1. The van der Waals surface area contributed by atoms with Crippen LogP contribution in [0.3, 0.4) is 0 Å². The second-order valence-corrected chi connectivity index (χ2v) is 4.36. The summed E-state index contributed by atoms with van der Waals surface area (Å²) in [5, 5.41) is 2.84. The Morgan fingerprint density at radius 2 is 1.89 bits per heavy atom. The van der Waals surface area contributed by atoms with Crippen molar-refractivity contribution < 1.29 is 9.53 Å². The number of nitrogens with two attached hydrogens (primary N) is 1. The van der Waals surface area contributed by atoms with E-state index in [1.807, 2.05) is 31.2 Å². The normalized spacial score (nSPS) is 11.5. The first-order valence-corrected chi connectivity index (χ1v) is 6.27. The van der Waals surface area contributed by atoms with Crippen LogP contribution in [0.4, 0.5) is 0 Å². The van der Waals surface area contributed by atoms with E-state index in [1.54, 1.807) is 7.11 Å². The maximum atomic E-state index is 11.6. The van der Waals surface area contributed by atoms with Crippen LogP contribution in [-0.2, 0) is 22.7 Å². The van der Waals surface area contributed by atoms with Crippen LogP contribution < -0.4 is 11.1 Å². The fourth-order valence-corrected chi connectivity index (χ4v) is 1.68. The molecule has 19 heavy (non-hydrogen) atoms. The minimum absolute atomic E-state index is 0. The van der Waals surface area contributed by atoms with E-state index in [0.717, 1.165) is 24.0 Å². The summed E-state index contributed by atoms with van der Waals surface area (Å²) in [7, 11) is 1.67. The summed E-state index contributed by atoms with van der Waals surface area (Å²) in [6.45, 7) is 3.14. The minimum Gasteiger partial charge on any atom is -0.380 e. The molecule has 1 aromatic rings. The maximum absolute atomic E-state index is 11.6. The molecule has 108 valence electrons. The highest BCUT2D eigenvalue weighted by atomic mass is 35.5. The molecule has 0 saturated heterocycles. The lowest BCUT2D eigenvalue weighted by Crippen LogP contribution is -2.40. The van der Waals surface area contributed by atoms with Crippen molar-refractivity contribution in [2.24, 2.45) is 5.73 Å². The molecule has 1 amide bonds. The van der Waals surface area contributed by atoms with Gasteiger partial charge in [0, 0.05) is 13.7 Å². The molecule has 3 N–H and O–H groups in total. The number of hydrogen-bond donors (Lipinski definition) is 2. The number of carbonyl (C=O) groups is 1. The Morgan fingerprint density at radius 3 is 2.42 bits per heavy atom. The molecule has 1 unspecified atom stereocenters. The maximum Gasteiger partial charge on any atom is 0.237 e. The second kappa shape index (κ2) is 9.78. The summed E-state index contributed by atoms with van der Waals surface area (Å²) < 4.78 is 5.04. The average Bonchev–Trinajstić information content (AvgIpc) is 2.38. The fourth-order valence-electron chi connectivity index (χ4n) is 1.68. The Hall–Kier alpha value is -1.10. The third kappa shape index (κ3) is 6.57. The van der Waals surface area contributed by atoms with Crippen molar-refractivity contribution in [1.82, 2.24) is 5.32 Å². The quantitative estimate of drug-likeness (QED) is 0.806. The van der Waals surface area contributed by atoms with Gasteiger partial charge in [-0.15, -0.1) is 12.4 Å². The Bertz CT molecular complexity index is 368. The van der Waals surface area contributed by atoms with Crippen LogP contribution in [0.25, 0.3) is 0 Å². The molecular weight excluding hydrogens is 264 g/mol. The molecule has 0 heterocycles. The molecule has 1 atom stereocenters. The van der Waals surface area contributed by atoms with Crippen LogP contribution >= 0.6 is 12.4 Å². The molecule has 0 bridgehead atoms. The van der Waals surface area contributed by atoms with Gasteiger partial charge in [-0.1, -0.05) is 37.6 Å². The first-order chi connectivity index (χ1) is 8.67. The van der Waals surface area contributed by atoms with Gasteiger partial charge in [0.05, 0.1) is 12.6 Å². The molecular formula is C14H23ClN2O2. The lowest BCUT2D eigenvalue weighted by atomic mass is 10.1. The fraction of sp³-hybridized carbons (Fsp3) is 0.500. The minimum atomic E-state index is -0.400. The third-order valence-electron chi connectivity index (χ3n) is 2.74. The summed E-state index contributed by atoms with van der Waals surface area (Å²) in [6, 6.07) is 7.57. The molecule has 0 spiro atoms. The van der Waals surface area contributed by atoms with E-state index >= 15 is 0 Å². The van der Waals surface area contributed by atoms with Gasteiger partial charge in [0.1, 0.15) is 0 Å². The zero-order valence-electron chi connectivity index (χ0n) is 11.5. The van der Waals surface area contributed by atoms with E-state index in [4.69, 9.17) is 10.5 Å². The number of benzene rings is 1.